The number of carboxylic acids is 1. The molecule has 0 saturated carbocycles. The van der Waals surface area contributed by atoms with E-state index in [4.69, 9.17) is 5.11 Å². The summed E-state index contributed by atoms with van der Waals surface area (Å²) in [5.41, 5.74) is -1.21. The maximum atomic E-state index is 11.6. The zero-order valence-electron chi connectivity index (χ0n) is 8.40. The Morgan fingerprint density at radius 1 is 1.50 bits per heavy atom. The van der Waals surface area contributed by atoms with Crippen molar-refractivity contribution in [2.45, 2.75) is 13.8 Å². The molecule has 0 bridgehead atoms. The Kier molecular flexibility index (Phi) is 2.35. The van der Waals surface area contributed by atoms with Crippen LogP contribution in [0, 0.1) is 11.3 Å². The van der Waals surface area contributed by atoms with Crippen LogP contribution < -0.4 is 0 Å². The molecule has 5 heteroatoms. The zero-order valence-corrected chi connectivity index (χ0v) is 8.40. The third-order valence-corrected chi connectivity index (χ3v) is 2.57. The average molecular weight is 199 g/mol. The lowest BCUT2D eigenvalue weighted by Gasteiger charge is -2.36. The third-order valence-electron chi connectivity index (χ3n) is 2.57. The van der Waals surface area contributed by atoms with Crippen molar-refractivity contribution in [2.75, 3.05) is 13.6 Å². The van der Waals surface area contributed by atoms with E-state index in [-0.39, 0.29) is 12.5 Å². The largest absolute Gasteiger partial charge is 0.481 e. The van der Waals surface area contributed by atoms with Gasteiger partial charge in [0.05, 0.1) is 0 Å². The molecule has 78 valence electrons. The van der Waals surface area contributed by atoms with Crippen molar-refractivity contribution in [1.82, 2.24) is 4.90 Å². The number of piperidine rings is 1. The molecular weight excluding hydrogens is 186 g/mol. The van der Waals surface area contributed by atoms with Crippen LogP contribution in [-0.4, -0.2) is 41.3 Å². The molecule has 0 radical (unpaired) electrons. The number of carboxylic acid groups (broad SMARTS) is 1. The summed E-state index contributed by atoms with van der Waals surface area (Å²) >= 11 is 0. The second-order valence-electron chi connectivity index (χ2n) is 4.07. The van der Waals surface area contributed by atoms with Gasteiger partial charge in [0.1, 0.15) is 11.3 Å². The van der Waals surface area contributed by atoms with E-state index in [9.17, 15) is 14.4 Å². The number of amides is 1. The minimum absolute atomic E-state index is 0.0313. The quantitative estimate of drug-likeness (QED) is 0.591. The maximum absolute atomic E-state index is 11.6. The fraction of sp³-hybridized carbons (Fsp3) is 0.667. The van der Waals surface area contributed by atoms with Crippen LogP contribution in [0.25, 0.3) is 0 Å². The number of hydrogen-bond donors (Lipinski definition) is 1. The van der Waals surface area contributed by atoms with Gasteiger partial charge in [0.25, 0.3) is 0 Å². The van der Waals surface area contributed by atoms with Gasteiger partial charge in [-0.15, -0.1) is 0 Å². The van der Waals surface area contributed by atoms with E-state index in [0.717, 1.165) is 0 Å². The van der Waals surface area contributed by atoms with Crippen LogP contribution in [-0.2, 0) is 14.4 Å². The van der Waals surface area contributed by atoms with Crippen LogP contribution >= 0.6 is 0 Å². The molecule has 1 aliphatic rings. The highest BCUT2D eigenvalue weighted by Crippen LogP contribution is 2.29. The third kappa shape index (κ3) is 1.38. The molecule has 0 aromatic carbocycles. The first-order chi connectivity index (χ1) is 6.28. The number of carbonyl (C=O) groups is 3. The minimum atomic E-state index is -1.21. The summed E-state index contributed by atoms with van der Waals surface area (Å²) in [5, 5.41) is 8.79. The highest BCUT2D eigenvalue weighted by Gasteiger charge is 2.49. The molecule has 1 amide bonds. The van der Waals surface area contributed by atoms with Crippen LogP contribution in [0.3, 0.4) is 0 Å². The first kappa shape index (κ1) is 10.7. The second kappa shape index (κ2) is 3.08. The standard InChI is InChI=1S/C9H13NO4/c1-9(2)6(11)5(7(12)13)4-10(3)8(9)14/h5H,4H2,1-3H3,(H,12,13). The van der Waals surface area contributed by atoms with Crippen molar-refractivity contribution in [3.63, 3.8) is 0 Å². The molecule has 0 aromatic rings. The molecule has 0 aliphatic carbocycles. The first-order valence-electron chi connectivity index (χ1n) is 4.31. The summed E-state index contributed by atoms with van der Waals surface area (Å²) in [6, 6.07) is 0. The number of hydrogen-bond acceptors (Lipinski definition) is 3. The summed E-state index contributed by atoms with van der Waals surface area (Å²) in [7, 11) is 1.51. The number of carbonyl (C=O) groups excluding carboxylic acids is 2. The highest BCUT2D eigenvalue weighted by atomic mass is 16.4. The fourth-order valence-corrected chi connectivity index (χ4v) is 1.65. The Morgan fingerprint density at radius 3 is 2.43 bits per heavy atom. The van der Waals surface area contributed by atoms with Gasteiger partial charge in [-0.3, -0.25) is 14.4 Å². The van der Waals surface area contributed by atoms with Gasteiger partial charge in [0.2, 0.25) is 5.91 Å². The molecule has 0 spiro atoms. The molecule has 1 aliphatic heterocycles. The molecular formula is C9H13NO4. The Balaban J connectivity index is 3.05. The highest BCUT2D eigenvalue weighted by molar-refractivity contribution is 6.14. The van der Waals surface area contributed by atoms with E-state index in [1.807, 2.05) is 0 Å². The predicted molar refractivity (Wildman–Crippen MR) is 47.6 cm³/mol. The lowest BCUT2D eigenvalue weighted by atomic mass is 9.76. The Hall–Kier alpha value is -1.39. The number of rotatable bonds is 1. The van der Waals surface area contributed by atoms with Crippen molar-refractivity contribution in [1.29, 1.82) is 0 Å². The normalized spacial score (nSPS) is 26.5. The van der Waals surface area contributed by atoms with Gasteiger partial charge in [-0.05, 0) is 13.8 Å². The van der Waals surface area contributed by atoms with Crippen molar-refractivity contribution < 1.29 is 19.5 Å². The average Bonchev–Trinajstić information content (AvgIpc) is 2.08. The SMILES string of the molecule is CN1CC(C(=O)O)C(=O)C(C)(C)C1=O. The summed E-state index contributed by atoms with van der Waals surface area (Å²) in [4.78, 5) is 35.2. The Bertz CT molecular complexity index is 308. The lowest BCUT2D eigenvalue weighted by molar-refractivity contribution is -0.161. The summed E-state index contributed by atoms with van der Waals surface area (Å²) in [6.07, 6.45) is 0. The number of aliphatic carboxylic acids is 1. The number of nitrogens with zero attached hydrogens (tertiary/aromatic N) is 1. The van der Waals surface area contributed by atoms with Gasteiger partial charge in [-0.1, -0.05) is 0 Å². The molecule has 1 atom stereocenters. The summed E-state index contributed by atoms with van der Waals surface area (Å²) < 4.78 is 0. The van der Waals surface area contributed by atoms with Crippen LogP contribution in [0.2, 0.25) is 0 Å². The monoisotopic (exact) mass is 199 g/mol. The van der Waals surface area contributed by atoms with Gasteiger partial charge < -0.3 is 10.0 Å². The molecule has 1 saturated heterocycles. The van der Waals surface area contributed by atoms with Crippen LogP contribution in [0.4, 0.5) is 0 Å². The van der Waals surface area contributed by atoms with Gasteiger partial charge in [-0.2, -0.15) is 0 Å². The molecule has 1 N–H and O–H groups in total. The topological polar surface area (TPSA) is 74.7 Å². The lowest BCUT2D eigenvalue weighted by Crippen LogP contribution is -2.56. The summed E-state index contributed by atoms with van der Waals surface area (Å²) in [6.45, 7) is 2.89. The predicted octanol–water partition coefficient (Wildman–Crippen LogP) is -0.245. The van der Waals surface area contributed by atoms with Crippen molar-refractivity contribution >= 4 is 17.7 Å². The van der Waals surface area contributed by atoms with E-state index in [1.165, 1.54) is 25.8 Å². The molecule has 1 heterocycles. The van der Waals surface area contributed by atoms with E-state index >= 15 is 0 Å². The minimum Gasteiger partial charge on any atom is -0.481 e. The molecule has 5 nitrogen and oxygen atoms in total. The Morgan fingerprint density at radius 2 is 2.00 bits per heavy atom. The maximum Gasteiger partial charge on any atom is 0.315 e. The summed E-state index contributed by atoms with van der Waals surface area (Å²) in [5.74, 6) is -3.08. The van der Waals surface area contributed by atoms with Gasteiger partial charge in [-0.25, -0.2) is 0 Å². The molecule has 14 heavy (non-hydrogen) atoms. The molecule has 0 aromatic heterocycles. The van der Waals surface area contributed by atoms with Gasteiger partial charge >= 0.3 is 5.97 Å². The van der Waals surface area contributed by atoms with E-state index in [2.05, 4.69) is 0 Å². The van der Waals surface area contributed by atoms with Crippen molar-refractivity contribution in [2.24, 2.45) is 11.3 Å². The van der Waals surface area contributed by atoms with Crippen molar-refractivity contribution in [3.8, 4) is 0 Å². The second-order valence-corrected chi connectivity index (χ2v) is 4.07. The number of likely N-dealkylation sites (tertiary alicyclic amines) is 1. The first-order valence-corrected chi connectivity index (χ1v) is 4.31. The van der Waals surface area contributed by atoms with E-state index in [1.54, 1.807) is 0 Å². The van der Waals surface area contributed by atoms with Crippen LogP contribution in [0.5, 0.6) is 0 Å². The van der Waals surface area contributed by atoms with Crippen LogP contribution in [0.15, 0.2) is 0 Å². The van der Waals surface area contributed by atoms with E-state index < -0.39 is 23.1 Å². The smallest absolute Gasteiger partial charge is 0.315 e. The molecule has 1 fully saturated rings. The van der Waals surface area contributed by atoms with Crippen molar-refractivity contribution in [3.05, 3.63) is 0 Å². The zero-order chi connectivity index (χ0) is 11.1. The Labute approximate surface area is 81.7 Å². The van der Waals surface area contributed by atoms with Gasteiger partial charge in [0, 0.05) is 13.6 Å². The van der Waals surface area contributed by atoms with Gasteiger partial charge in [0.15, 0.2) is 5.78 Å². The van der Waals surface area contributed by atoms with Crippen LogP contribution in [0.1, 0.15) is 13.8 Å². The number of ketones is 1. The number of Topliss-reactive ketones (excluding diaryl/α,β-unsaturated/α-hetero) is 1. The molecule has 1 rings (SSSR count). The van der Waals surface area contributed by atoms with E-state index in [0.29, 0.717) is 0 Å². The fourth-order valence-electron chi connectivity index (χ4n) is 1.65. The molecule has 1 unspecified atom stereocenters.